The van der Waals surface area contributed by atoms with E-state index in [1.807, 2.05) is 18.2 Å². The highest BCUT2D eigenvalue weighted by molar-refractivity contribution is 5.75. The molecule has 7 heteroatoms. The summed E-state index contributed by atoms with van der Waals surface area (Å²) in [5.74, 6) is 0.836. The van der Waals surface area contributed by atoms with E-state index in [1.54, 1.807) is 18.1 Å². The standard InChI is InChI=1S/C18H27N5O2/c1-4-22(5-2)17(15-7-6-8-16(11-15)25-3)12-20-18(24)9-10-23-14-19-13-21-23/h6-8,11,13-14,17H,4-5,9-10,12H2,1-3H3,(H,20,24). The van der Waals surface area contributed by atoms with Gasteiger partial charge in [0.25, 0.3) is 0 Å². The summed E-state index contributed by atoms with van der Waals surface area (Å²) < 4.78 is 6.99. The molecular formula is C18H27N5O2. The summed E-state index contributed by atoms with van der Waals surface area (Å²) in [5, 5.41) is 7.06. The molecule has 0 spiro atoms. The van der Waals surface area contributed by atoms with Crippen LogP contribution in [0.4, 0.5) is 0 Å². The molecule has 1 N–H and O–H groups in total. The van der Waals surface area contributed by atoms with E-state index < -0.39 is 0 Å². The van der Waals surface area contributed by atoms with Crippen LogP contribution in [0.25, 0.3) is 0 Å². The molecule has 136 valence electrons. The van der Waals surface area contributed by atoms with Crippen molar-refractivity contribution in [2.45, 2.75) is 32.9 Å². The maximum Gasteiger partial charge on any atom is 0.221 e. The Balaban J connectivity index is 1.99. The van der Waals surface area contributed by atoms with Gasteiger partial charge in [0.15, 0.2) is 0 Å². The van der Waals surface area contributed by atoms with Crippen molar-refractivity contribution in [3.05, 3.63) is 42.5 Å². The zero-order chi connectivity index (χ0) is 18.1. The molecule has 2 rings (SSSR count). The van der Waals surface area contributed by atoms with Crippen LogP contribution < -0.4 is 10.1 Å². The molecule has 0 aliphatic rings. The number of amides is 1. The number of hydrogen-bond donors (Lipinski definition) is 1. The summed E-state index contributed by atoms with van der Waals surface area (Å²) in [6.07, 6.45) is 3.46. The molecule has 25 heavy (non-hydrogen) atoms. The zero-order valence-electron chi connectivity index (χ0n) is 15.2. The van der Waals surface area contributed by atoms with Crippen molar-refractivity contribution in [1.82, 2.24) is 25.0 Å². The Hall–Kier alpha value is -2.41. The molecule has 1 amide bonds. The Morgan fingerprint density at radius 1 is 1.36 bits per heavy atom. The number of methoxy groups -OCH3 is 1. The minimum Gasteiger partial charge on any atom is -0.497 e. The fourth-order valence-electron chi connectivity index (χ4n) is 2.83. The minimum absolute atomic E-state index is 0.00977. The molecule has 2 aromatic rings. The first-order valence-electron chi connectivity index (χ1n) is 8.65. The summed E-state index contributed by atoms with van der Waals surface area (Å²) in [5.41, 5.74) is 1.14. The third kappa shape index (κ3) is 5.56. The first-order chi connectivity index (χ1) is 12.2. The van der Waals surface area contributed by atoms with Crippen LogP contribution in [0, 0.1) is 0 Å². The fraction of sp³-hybridized carbons (Fsp3) is 0.500. The lowest BCUT2D eigenvalue weighted by Gasteiger charge is -2.30. The van der Waals surface area contributed by atoms with E-state index >= 15 is 0 Å². The van der Waals surface area contributed by atoms with Gasteiger partial charge in [0.05, 0.1) is 19.7 Å². The van der Waals surface area contributed by atoms with E-state index in [4.69, 9.17) is 4.74 Å². The number of rotatable bonds is 10. The van der Waals surface area contributed by atoms with E-state index in [0.29, 0.717) is 19.5 Å². The van der Waals surface area contributed by atoms with Crippen molar-refractivity contribution in [2.24, 2.45) is 0 Å². The summed E-state index contributed by atoms with van der Waals surface area (Å²) in [7, 11) is 1.66. The highest BCUT2D eigenvalue weighted by Gasteiger charge is 2.19. The highest BCUT2D eigenvalue weighted by atomic mass is 16.5. The molecule has 0 bridgehead atoms. The van der Waals surface area contributed by atoms with Gasteiger partial charge in [-0.1, -0.05) is 26.0 Å². The monoisotopic (exact) mass is 345 g/mol. The van der Waals surface area contributed by atoms with Crippen molar-refractivity contribution < 1.29 is 9.53 Å². The number of carbonyl (C=O) groups is 1. The SMILES string of the molecule is CCN(CC)C(CNC(=O)CCn1cncn1)c1cccc(OC)c1. The quantitative estimate of drug-likeness (QED) is 0.712. The molecule has 0 aliphatic carbocycles. The summed E-state index contributed by atoms with van der Waals surface area (Å²) >= 11 is 0. The van der Waals surface area contributed by atoms with Crippen LogP contribution in [0.3, 0.4) is 0 Å². The van der Waals surface area contributed by atoms with Gasteiger partial charge in [-0.25, -0.2) is 4.98 Å². The van der Waals surface area contributed by atoms with E-state index in [2.05, 4.69) is 40.2 Å². The van der Waals surface area contributed by atoms with Crippen LogP contribution in [-0.2, 0) is 11.3 Å². The first kappa shape index (κ1) is 18.9. The normalized spacial score (nSPS) is 12.2. The lowest BCUT2D eigenvalue weighted by atomic mass is 10.0. The number of aryl methyl sites for hydroxylation is 1. The molecular weight excluding hydrogens is 318 g/mol. The minimum atomic E-state index is 0.00977. The number of benzene rings is 1. The van der Waals surface area contributed by atoms with Gasteiger partial charge in [-0.2, -0.15) is 5.10 Å². The van der Waals surface area contributed by atoms with Gasteiger partial charge in [-0.15, -0.1) is 0 Å². The number of carbonyl (C=O) groups excluding carboxylic acids is 1. The van der Waals surface area contributed by atoms with Crippen LogP contribution >= 0.6 is 0 Å². The van der Waals surface area contributed by atoms with Crippen LogP contribution in [0.1, 0.15) is 31.9 Å². The third-order valence-corrected chi connectivity index (χ3v) is 4.26. The molecule has 0 aliphatic heterocycles. The second-order valence-corrected chi connectivity index (χ2v) is 5.73. The third-order valence-electron chi connectivity index (χ3n) is 4.26. The molecule has 7 nitrogen and oxygen atoms in total. The number of ether oxygens (including phenoxy) is 1. The van der Waals surface area contributed by atoms with E-state index in [0.717, 1.165) is 24.4 Å². The van der Waals surface area contributed by atoms with Crippen LogP contribution in [0.5, 0.6) is 5.75 Å². The Kier molecular flexibility index (Phi) is 7.40. The van der Waals surface area contributed by atoms with Gasteiger partial charge in [0, 0.05) is 13.0 Å². The molecule has 0 radical (unpaired) electrons. The predicted octanol–water partition coefficient (Wildman–Crippen LogP) is 1.88. The number of hydrogen-bond acceptors (Lipinski definition) is 5. The molecule has 1 atom stereocenters. The van der Waals surface area contributed by atoms with Gasteiger partial charge < -0.3 is 10.1 Å². The average Bonchev–Trinajstić information content (AvgIpc) is 3.17. The smallest absolute Gasteiger partial charge is 0.221 e. The lowest BCUT2D eigenvalue weighted by molar-refractivity contribution is -0.121. The number of nitrogens with zero attached hydrogens (tertiary/aromatic N) is 4. The number of nitrogens with one attached hydrogen (secondary N) is 1. The largest absolute Gasteiger partial charge is 0.497 e. The van der Waals surface area contributed by atoms with Crippen molar-refractivity contribution in [2.75, 3.05) is 26.7 Å². The van der Waals surface area contributed by atoms with Gasteiger partial charge in [-0.3, -0.25) is 14.4 Å². The fourth-order valence-corrected chi connectivity index (χ4v) is 2.83. The highest BCUT2D eigenvalue weighted by Crippen LogP contribution is 2.23. The Bertz CT molecular complexity index is 641. The van der Waals surface area contributed by atoms with Crippen molar-refractivity contribution in [3.63, 3.8) is 0 Å². The molecule has 0 saturated carbocycles. The topological polar surface area (TPSA) is 72.3 Å². The first-order valence-corrected chi connectivity index (χ1v) is 8.65. The number of likely N-dealkylation sites (N-methyl/N-ethyl adjacent to an activating group) is 1. The second kappa shape index (κ2) is 9.78. The Morgan fingerprint density at radius 2 is 2.16 bits per heavy atom. The second-order valence-electron chi connectivity index (χ2n) is 5.73. The van der Waals surface area contributed by atoms with E-state index in [-0.39, 0.29) is 11.9 Å². The molecule has 1 unspecified atom stereocenters. The Labute approximate surface area is 149 Å². The molecule has 1 heterocycles. The van der Waals surface area contributed by atoms with Gasteiger partial charge in [-0.05, 0) is 30.8 Å². The van der Waals surface area contributed by atoms with E-state index in [1.165, 1.54) is 6.33 Å². The van der Waals surface area contributed by atoms with Crippen LogP contribution in [0.15, 0.2) is 36.9 Å². The molecule has 1 aromatic heterocycles. The van der Waals surface area contributed by atoms with Gasteiger partial charge in [0.1, 0.15) is 18.4 Å². The van der Waals surface area contributed by atoms with Crippen molar-refractivity contribution in [1.29, 1.82) is 0 Å². The average molecular weight is 345 g/mol. The maximum atomic E-state index is 12.2. The predicted molar refractivity (Wildman–Crippen MR) is 96.3 cm³/mol. The van der Waals surface area contributed by atoms with Crippen LogP contribution in [0.2, 0.25) is 0 Å². The molecule has 0 fully saturated rings. The lowest BCUT2D eigenvalue weighted by Crippen LogP contribution is -2.38. The summed E-state index contributed by atoms with van der Waals surface area (Å²) in [6.45, 7) is 7.17. The zero-order valence-corrected chi connectivity index (χ0v) is 15.2. The Morgan fingerprint density at radius 3 is 2.80 bits per heavy atom. The molecule has 0 saturated heterocycles. The summed E-state index contributed by atoms with van der Waals surface area (Å²) in [4.78, 5) is 18.4. The van der Waals surface area contributed by atoms with Gasteiger partial charge in [0.2, 0.25) is 5.91 Å². The molecule has 1 aromatic carbocycles. The van der Waals surface area contributed by atoms with Crippen molar-refractivity contribution in [3.8, 4) is 5.75 Å². The number of aromatic nitrogens is 3. The van der Waals surface area contributed by atoms with Crippen molar-refractivity contribution >= 4 is 5.91 Å². The van der Waals surface area contributed by atoms with E-state index in [9.17, 15) is 4.79 Å². The van der Waals surface area contributed by atoms with Crippen LogP contribution in [-0.4, -0.2) is 52.3 Å². The van der Waals surface area contributed by atoms with Gasteiger partial charge >= 0.3 is 0 Å². The summed E-state index contributed by atoms with van der Waals surface area (Å²) in [6, 6.07) is 8.13. The maximum absolute atomic E-state index is 12.2.